The molecule has 1 fully saturated rings. The average Bonchev–Trinajstić information content (AvgIpc) is 2.65. The lowest BCUT2D eigenvalue weighted by Crippen LogP contribution is -2.35. The fourth-order valence-electron chi connectivity index (χ4n) is 1.34. The minimum atomic E-state index is -0.245. The van der Waals surface area contributed by atoms with E-state index in [4.69, 9.17) is 9.36 Å². The molecule has 0 radical (unpaired) electrons. The summed E-state index contributed by atoms with van der Waals surface area (Å²) in [6, 6.07) is 1.61. The Morgan fingerprint density at radius 2 is 2.43 bits per heavy atom. The van der Waals surface area contributed by atoms with Gasteiger partial charge in [-0.1, -0.05) is 5.16 Å². The molecular formula is C9H12N2O3. The van der Waals surface area contributed by atoms with Crippen LogP contribution in [0.1, 0.15) is 29.1 Å². The van der Waals surface area contributed by atoms with Crippen molar-refractivity contribution in [1.82, 2.24) is 10.2 Å². The van der Waals surface area contributed by atoms with Crippen molar-refractivity contribution in [2.45, 2.75) is 19.8 Å². The number of nitrogens with zero attached hydrogens (tertiary/aromatic N) is 2. The van der Waals surface area contributed by atoms with Crippen LogP contribution in [0.3, 0.4) is 0 Å². The molecule has 0 N–H and O–H groups in total. The van der Waals surface area contributed by atoms with Crippen molar-refractivity contribution < 1.29 is 14.2 Å². The van der Waals surface area contributed by atoms with Crippen LogP contribution >= 0.6 is 0 Å². The quantitative estimate of drug-likeness (QED) is 0.676. The van der Waals surface area contributed by atoms with Gasteiger partial charge in [-0.2, -0.15) is 0 Å². The summed E-state index contributed by atoms with van der Waals surface area (Å²) in [6.45, 7) is 2.99. The summed E-state index contributed by atoms with van der Waals surface area (Å²) in [4.78, 5) is 16.9. The first kappa shape index (κ1) is 9.21. The van der Waals surface area contributed by atoms with Crippen molar-refractivity contribution in [3.05, 3.63) is 17.5 Å². The molecule has 0 aliphatic carbocycles. The van der Waals surface area contributed by atoms with Gasteiger partial charge in [-0.15, -0.1) is 0 Å². The van der Waals surface area contributed by atoms with Crippen LogP contribution in [-0.4, -0.2) is 29.3 Å². The number of hydroxylamine groups is 2. The SMILES string of the molecule is Cc1cc(C(=O)N2CCCCO2)on1. The molecule has 1 aliphatic heterocycles. The smallest absolute Gasteiger partial charge is 0.315 e. The molecule has 14 heavy (non-hydrogen) atoms. The van der Waals surface area contributed by atoms with E-state index >= 15 is 0 Å². The van der Waals surface area contributed by atoms with Gasteiger partial charge in [0.1, 0.15) is 0 Å². The zero-order valence-corrected chi connectivity index (χ0v) is 8.02. The maximum Gasteiger partial charge on any atom is 0.315 e. The fourth-order valence-corrected chi connectivity index (χ4v) is 1.34. The number of rotatable bonds is 1. The number of aromatic nitrogens is 1. The summed E-state index contributed by atoms with van der Waals surface area (Å²) in [6.07, 6.45) is 1.97. The summed E-state index contributed by atoms with van der Waals surface area (Å²) in [5.74, 6) is -0.00491. The van der Waals surface area contributed by atoms with Crippen LogP contribution in [0.15, 0.2) is 10.6 Å². The van der Waals surface area contributed by atoms with Crippen LogP contribution in [0.5, 0.6) is 0 Å². The maximum absolute atomic E-state index is 11.7. The second-order valence-electron chi connectivity index (χ2n) is 3.28. The molecule has 5 heteroatoms. The third-order valence-corrected chi connectivity index (χ3v) is 2.07. The van der Waals surface area contributed by atoms with Gasteiger partial charge in [0.25, 0.3) is 0 Å². The standard InChI is InChI=1S/C9H12N2O3/c1-7-6-8(14-10-7)9(12)11-4-2-3-5-13-11/h6H,2-5H2,1H3. The highest BCUT2D eigenvalue weighted by Crippen LogP contribution is 2.11. The molecule has 0 spiro atoms. The number of hydrogen-bond donors (Lipinski definition) is 0. The molecule has 5 nitrogen and oxygen atoms in total. The first-order valence-corrected chi connectivity index (χ1v) is 4.65. The Hall–Kier alpha value is -1.36. The van der Waals surface area contributed by atoms with Gasteiger partial charge in [-0.3, -0.25) is 9.63 Å². The van der Waals surface area contributed by atoms with Gasteiger partial charge in [0.05, 0.1) is 12.3 Å². The van der Waals surface area contributed by atoms with Gasteiger partial charge >= 0.3 is 5.91 Å². The lowest BCUT2D eigenvalue weighted by atomic mass is 10.3. The van der Waals surface area contributed by atoms with Crippen LogP contribution in [-0.2, 0) is 4.84 Å². The van der Waals surface area contributed by atoms with Gasteiger partial charge < -0.3 is 4.52 Å². The Labute approximate surface area is 81.6 Å². The van der Waals surface area contributed by atoms with E-state index in [1.165, 1.54) is 5.06 Å². The van der Waals surface area contributed by atoms with E-state index < -0.39 is 0 Å². The molecule has 1 aromatic rings. The number of aryl methyl sites for hydroxylation is 1. The maximum atomic E-state index is 11.7. The van der Waals surface area contributed by atoms with Crippen LogP contribution in [0.25, 0.3) is 0 Å². The minimum absolute atomic E-state index is 0.240. The summed E-state index contributed by atoms with van der Waals surface area (Å²) in [7, 11) is 0. The van der Waals surface area contributed by atoms with E-state index in [1.54, 1.807) is 13.0 Å². The van der Waals surface area contributed by atoms with Gasteiger partial charge in [0, 0.05) is 12.6 Å². The Morgan fingerprint density at radius 1 is 1.57 bits per heavy atom. The van der Waals surface area contributed by atoms with Gasteiger partial charge in [-0.25, -0.2) is 5.06 Å². The third-order valence-electron chi connectivity index (χ3n) is 2.07. The average molecular weight is 196 g/mol. The third kappa shape index (κ3) is 1.77. The molecule has 1 amide bonds. The Bertz CT molecular complexity index is 329. The van der Waals surface area contributed by atoms with Gasteiger partial charge in [0.15, 0.2) is 0 Å². The number of carbonyl (C=O) groups is 1. The molecule has 2 heterocycles. The monoisotopic (exact) mass is 196 g/mol. The molecule has 1 aliphatic rings. The highest BCUT2D eigenvalue weighted by Gasteiger charge is 2.22. The van der Waals surface area contributed by atoms with E-state index in [0.717, 1.165) is 12.8 Å². The Balaban J connectivity index is 2.07. The summed E-state index contributed by atoms with van der Waals surface area (Å²) in [5, 5.41) is 4.99. The second kappa shape index (κ2) is 3.79. The summed E-state index contributed by atoms with van der Waals surface area (Å²) < 4.78 is 4.86. The topological polar surface area (TPSA) is 55.6 Å². The first-order chi connectivity index (χ1) is 6.77. The fraction of sp³-hybridized carbons (Fsp3) is 0.556. The van der Waals surface area contributed by atoms with Crippen LogP contribution in [0.2, 0.25) is 0 Å². The predicted molar refractivity (Wildman–Crippen MR) is 47.5 cm³/mol. The molecule has 1 aromatic heterocycles. The number of carbonyl (C=O) groups excluding carboxylic acids is 1. The van der Waals surface area contributed by atoms with Crippen LogP contribution in [0.4, 0.5) is 0 Å². The van der Waals surface area contributed by atoms with Crippen LogP contribution < -0.4 is 0 Å². The highest BCUT2D eigenvalue weighted by molar-refractivity contribution is 5.90. The lowest BCUT2D eigenvalue weighted by molar-refractivity contribution is -0.145. The number of hydrogen-bond acceptors (Lipinski definition) is 4. The zero-order chi connectivity index (χ0) is 9.97. The highest BCUT2D eigenvalue weighted by atomic mass is 16.7. The molecular weight excluding hydrogens is 184 g/mol. The van der Waals surface area contributed by atoms with E-state index in [-0.39, 0.29) is 11.7 Å². The van der Waals surface area contributed by atoms with Crippen molar-refractivity contribution in [2.24, 2.45) is 0 Å². The molecule has 0 aromatic carbocycles. The Kier molecular flexibility index (Phi) is 2.49. The van der Waals surface area contributed by atoms with E-state index in [9.17, 15) is 4.79 Å². The largest absolute Gasteiger partial charge is 0.351 e. The lowest BCUT2D eigenvalue weighted by Gasteiger charge is -2.24. The molecule has 0 unspecified atom stereocenters. The summed E-state index contributed by atoms with van der Waals surface area (Å²) >= 11 is 0. The molecule has 0 atom stereocenters. The van der Waals surface area contributed by atoms with Crippen molar-refractivity contribution >= 4 is 5.91 Å². The molecule has 0 bridgehead atoms. The zero-order valence-electron chi connectivity index (χ0n) is 8.02. The molecule has 1 saturated heterocycles. The normalized spacial score (nSPS) is 17.1. The molecule has 76 valence electrons. The molecule has 0 saturated carbocycles. The number of amides is 1. The second-order valence-corrected chi connectivity index (χ2v) is 3.28. The van der Waals surface area contributed by atoms with Crippen LogP contribution in [0, 0.1) is 6.92 Å². The molecule has 2 rings (SSSR count). The first-order valence-electron chi connectivity index (χ1n) is 4.65. The van der Waals surface area contributed by atoms with Crippen molar-refractivity contribution in [1.29, 1.82) is 0 Å². The summed E-state index contributed by atoms with van der Waals surface area (Å²) in [5.41, 5.74) is 0.699. The predicted octanol–water partition coefficient (Wildman–Crippen LogP) is 1.15. The van der Waals surface area contributed by atoms with Crippen molar-refractivity contribution in [2.75, 3.05) is 13.2 Å². The Morgan fingerprint density at radius 3 is 3.00 bits per heavy atom. The van der Waals surface area contributed by atoms with E-state index in [1.807, 2.05) is 0 Å². The van der Waals surface area contributed by atoms with Crippen molar-refractivity contribution in [3.63, 3.8) is 0 Å². The van der Waals surface area contributed by atoms with E-state index in [2.05, 4.69) is 5.16 Å². The van der Waals surface area contributed by atoms with Crippen molar-refractivity contribution in [3.8, 4) is 0 Å². The van der Waals surface area contributed by atoms with Gasteiger partial charge in [-0.05, 0) is 19.8 Å². The van der Waals surface area contributed by atoms with E-state index in [0.29, 0.717) is 18.8 Å². The van der Waals surface area contributed by atoms with Gasteiger partial charge in [0.2, 0.25) is 5.76 Å². The minimum Gasteiger partial charge on any atom is -0.351 e.